The average Bonchev–Trinajstić information content (AvgIpc) is 2.26. The number of carboxylic acid groups (broad SMARTS) is 1. The Kier molecular flexibility index (Phi) is 4.55. The Morgan fingerprint density at radius 1 is 1.59 bits per heavy atom. The summed E-state index contributed by atoms with van der Waals surface area (Å²) < 4.78 is 13.4. The fourth-order valence-electron chi connectivity index (χ4n) is 1.15. The van der Waals surface area contributed by atoms with Gasteiger partial charge >= 0.3 is 5.97 Å². The number of hydrogen-bond donors (Lipinski definition) is 1. The van der Waals surface area contributed by atoms with Crippen LogP contribution in [0.5, 0.6) is 0 Å². The molecule has 86 valence electrons. The summed E-state index contributed by atoms with van der Waals surface area (Å²) in [5.41, 5.74) is 8.52. The van der Waals surface area contributed by atoms with Gasteiger partial charge in [-0.2, -0.15) is 0 Å². The smallest absolute Gasteiger partial charge is 0.307 e. The molecule has 17 heavy (non-hydrogen) atoms. The van der Waals surface area contributed by atoms with Crippen molar-refractivity contribution in [2.75, 3.05) is 6.54 Å². The Bertz CT molecular complexity index is 539. The Balaban J connectivity index is 2.84. The third-order valence-corrected chi connectivity index (χ3v) is 1.82. The lowest BCUT2D eigenvalue weighted by atomic mass is 10.1. The number of nitrogens with zero attached hydrogens (tertiary/aromatic N) is 3. The number of aliphatic carboxylic acids is 1. The van der Waals surface area contributed by atoms with Crippen LogP contribution in [0, 0.1) is 17.7 Å². The van der Waals surface area contributed by atoms with Crippen molar-refractivity contribution in [2.24, 2.45) is 5.11 Å². The van der Waals surface area contributed by atoms with E-state index in [1.807, 2.05) is 0 Å². The van der Waals surface area contributed by atoms with Gasteiger partial charge in [-0.25, -0.2) is 4.39 Å². The fourth-order valence-corrected chi connectivity index (χ4v) is 1.15. The number of halogens is 1. The maximum absolute atomic E-state index is 13.4. The minimum Gasteiger partial charge on any atom is -0.481 e. The highest BCUT2D eigenvalue weighted by atomic mass is 19.1. The number of hydrogen-bond acceptors (Lipinski definition) is 2. The molecule has 0 atom stereocenters. The second-order valence-corrected chi connectivity index (χ2v) is 3.08. The number of carbonyl (C=O) groups is 1. The van der Waals surface area contributed by atoms with Gasteiger partial charge in [0.1, 0.15) is 5.82 Å². The summed E-state index contributed by atoms with van der Waals surface area (Å²) in [7, 11) is 0. The molecular formula is C11H8FN3O2. The van der Waals surface area contributed by atoms with Gasteiger partial charge in [-0.1, -0.05) is 23.0 Å². The first-order valence-corrected chi connectivity index (χ1v) is 4.63. The van der Waals surface area contributed by atoms with E-state index in [9.17, 15) is 9.18 Å². The van der Waals surface area contributed by atoms with Crippen molar-refractivity contribution >= 4 is 5.97 Å². The molecule has 0 saturated heterocycles. The van der Waals surface area contributed by atoms with E-state index in [2.05, 4.69) is 21.9 Å². The highest BCUT2D eigenvalue weighted by Gasteiger charge is 2.04. The van der Waals surface area contributed by atoms with E-state index in [4.69, 9.17) is 10.6 Å². The number of azide groups is 1. The summed E-state index contributed by atoms with van der Waals surface area (Å²) >= 11 is 0. The van der Waals surface area contributed by atoms with Gasteiger partial charge in [0.15, 0.2) is 0 Å². The van der Waals surface area contributed by atoms with Crippen LogP contribution in [0.4, 0.5) is 4.39 Å². The Morgan fingerprint density at radius 3 is 2.94 bits per heavy atom. The Morgan fingerprint density at radius 2 is 2.35 bits per heavy atom. The molecule has 0 unspecified atom stereocenters. The molecule has 0 amide bonds. The predicted molar refractivity (Wildman–Crippen MR) is 58.6 cm³/mol. The Hall–Kier alpha value is -2.51. The minimum atomic E-state index is -1.02. The first-order valence-electron chi connectivity index (χ1n) is 4.63. The quantitative estimate of drug-likeness (QED) is 0.375. The maximum Gasteiger partial charge on any atom is 0.307 e. The molecule has 0 aliphatic heterocycles. The number of rotatable bonds is 3. The van der Waals surface area contributed by atoms with Crippen molar-refractivity contribution in [3.8, 4) is 11.8 Å². The summed E-state index contributed by atoms with van der Waals surface area (Å²) in [5, 5.41) is 11.7. The van der Waals surface area contributed by atoms with Crippen LogP contribution in [0.15, 0.2) is 23.3 Å². The third kappa shape index (κ3) is 4.24. The summed E-state index contributed by atoms with van der Waals surface area (Å²) in [6.45, 7) is -0.0349. The zero-order valence-corrected chi connectivity index (χ0v) is 8.72. The van der Waals surface area contributed by atoms with Crippen LogP contribution >= 0.6 is 0 Å². The van der Waals surface area contributed by atoms with Crippen molar-refractivity contribution in [2.45, 2.75) is 6.42 Å². The van der Waals surface area contributed by atoms with Crippen LogP contribution in [-0.2, 0) is 11.2 Å². The SMILES string of the molecule is [N-]=[N+]=NCC#Cc1ccc(CC(=O)O)cc1F. The van der Waals surface area contributed by atoms with E-state index in [1.54, 1.807) is 0 Å². The lowest BCUT2D eigenvalue weighted by Gasteiger charge is -1.99. The summed E-state index contributed by atoms with van der Waals surface area (Å²) in [6.07, 6.45) is -0.233. The molecule has 1 aromatic carbocycles. The van der Waals surface area contributed by atoms with E-state index in [-0.39, 0.29) is 18.5 Å². The van der Waals surface area contributed by atoms with Crippen LogP contribution < -0.4 is 0 Å². The van der Waals surface area contributed by atoms with Crippen molar-refractivity contribution in [1.82, 2.24) is 0 Å². The molecule has 0 aromatic heterocycles. The molecular weight excluding hydrogens is 225 g/mol. The first kappa shape index (κ1) is 12.6. The topological polar surface area (TPSA) is 86.1 Å². The summed E-state index contributed by atoms with van der Waals surface area (Å²) in [6, 6.07) is 4.02. The van der Waals surface area contributed by atoms with Crippen molar-refractivity contribution in [3.63, 3.8) is 0 Å². The van der Waals surface area contributed by atoms with Crippen LogP contribution in [0.3, 0.4) is 0 Å². The maximum atomic E-state index is 13.4. The highest BCUT2D eigenvalue weighted by Crippen LogP contribution is 2.10. The predicted octanol–water partition coefficient (Wildman–Crippen LogP) is 2.11. The van der Waals surface area contributed by atoms with E-state index < -0.39 is 11.8 Å². The van der Waals surface area contributed by atoms with E-state index in [0.29, 0.717) is 5.56 Å². The average molecular weight is 233 g/mol. The van der Waals surface area contributed by atoms with E-state index in [0.717, 1.165) is 6.07 Å². The molecule has 6 heteroatoms. The van der Waals surface area contributed by atoms with Gasteiger partial charge in [0.05, 0.1) is 18.5 Å². The van der Waals surface area contributed by atoms with Gasteiger partial charge in [0, 0.05) is 4.91 Å². The minimum absolute atomic E-state index is 0.0349. The first-order chi connectivity index (χ1) is 8.13. The molecule has 0 fully saturated rings. The number of benzene rings is 1. The van der Waals surface area contributed by atoms with Crippen LogP contribution in [0.2, 0.25) is 0 Å². The molecule has 0 bridgehead atoms. The largest absolute Gasteiger partial charge is 0.481 e. The van der Waals surface area contributed by atoms with Gasteiger partial charge in [-0.15, -0.1) is 0 Å². The molecule has 1 rings (SSSR count). The lowest BCUT2D eigenvalue weighted by molar-refractivity contribution is -0.136. The van der Waals surface area contributed by atoms with Gasteiger partial charge in [0.25, 0.3) is 0 Å². The van der Waals surface area contributed by atoms with Crippen LogP contribution in [-0.4, -0.2) is 17.6 Å². The zero-order chi connectivity index (χ0) is 12.7. The highest BCUT2D eigenvalue weighted by molar-refractivity contribution is 5.70. The van der Waals surface area contributed by atoms with E-state index >= 15 is 0 Å². The second kappa shape index (κ2) is 6.16. The molecule has 5 nitrogen and oxygen atoms in total. The Labute approximate surface area is 96.5 Å². The second-order valence-electron chi connectivity index (χ2n) is 3.08. The molecule has 0 spiro atoms. The van der Waals surface area contributed by atoms with Crippen molar-refractivity contribution in [3.05, 3.63) is 45.6 Å². The van der Waals surface area contributed by atoms with Gasteiger partial charge in [-0.05, 0) is 23.2 Å². The standard InChI is InChI=1S/C11H8FN3O2/c12-10-6-8(7-11(16)17)3-4-9(10)2-1-5-14-15-13/h3-4,6H,5,7H2,(H,16,17). The molecule has 0 aliphatic carbocycles. The van der Waals surface area contributed by atoms with Gasteiger partial charge < -0.3 is 5.11 Å². The zero-order valence-electron chi connectivity index (χ0n) is 8.72. The van der Waals surface area contributed by atoms with Gasteiger partial charge in [0.2, 0.25) is 0 Å². The molecule has 1 aromatic rings. The van der Waals surface area contributed by atoms with Crippen LogP contribution in [0.1, 0.15) is 11.1 Å². The molecule has 1 N–H and O–H groups in total. The third-order valence-electron chi connectivity index (χ3n) is 1.82. The van der Waals surface area contributed by atoms with Crippen LogP contribution in [0.25, 0.3) is 10.4 Å². The molecule has 0 saturated carbocycles. The molecule has 0 aliphatic rings. The summed E-state index contributed by atoms with van der Waals surface area (Å²) in [5.74, 6) is 3.36. The monoisotopic (exact) mass is 233 g/mol. The van der Waals surface area contributed by atoms with Crippen molar-refractivity contribution in [1.29, 1.82) is 0 Å². The molecule has 0 radical (unpaired) electrons. The normalized spacial score (nSPS) is 8.76. The number of carboxylic acids is 1. The fraction of sp³-hybridized carbons (Fsp3) is 0.182. The van der Waals surface area contributed by atoms with Gasteiger partial charge in [-0.3, -0.25) is 4.79 Å². The lowest BCUT2D eigenvalue weighted by Crippen LogP contribution is -2.00. The van der Waals surface area contributed by atoms with E-state index in [1.165, 1.54) is 12.1 Å². The van der Waals surface area contributed by atoms with Crippen molar-refractivity contribution < 1.29 is 14.3 Å². The summed E-state index contributed by atoms with van der Waals surface area (Å²) in [4.78, 5) is 12.9. The molecule has 0 heterocycles.